The van der Waals surface area contributed by atoms with Crippen molar-refractivity contribution in [3.05, 3.63) is 101 Å². The van der Waals surface area contributed by atoms with Crippen LogP contribution >= 0.6 is 0 Å². The van der Waals surface area contributed by atoms with Crippen molar-refractivity contribution in [3.63, 3.8) is 0 Å². The van der Waals surface area contributed by atoms with Crippen LogP contribution in [0.5, 0.6) is 0 Å². The lowest BCUT2D eigenvalue weighted by Gasteiger charge is -2.10. The van der Waals surface area contributed by atoms with Crippen LogP contribution in [0.25, 0.3) is 28.3 Å². The monoisotopic (exact) mass is 382 g/mol. The van der Waals surface area contributed by atoms with Crippen LogP contribution in [0.2, 0.25) is 0 Å². The summed E-state index contributed by atoms with van der Waals surface area (Å²) in [5.74, 6) is 0. The molecule has 29 heavy (non-hydrogen) atoms. The van der Waals surface area contributed by atoms with Gasteiger partial charge in [-0.15, -0.1) is 0 Å². The number of nitrogens with zero attached hydrogens (tertiary/aromatic N) is 4. The number of rotatable bonds is 4. The highest BCUT2D eigenvalue weighted by Crippen LogP contribution is 2.32. The second kappa shape index (κ2) is 6.91. The maximum Gasteiger partial charge on any atom is 0.269 e. The molecule has 0 unspecified atom stereocenters. The van der Waals surface area contributed by atoms with E-state index in [0.29, 0.717) is 6.42 Å². The predicted octanol–water partition coefficient (Wildman–Crippen LogP) is 5.02. The van der Waals surface area contributed by atoms with Gasteiger partial charge in [0.1, 0.15) is 0 Å². The number of fused-ring (bicyclic) bond motifs is 3. The molecule has 0 fully saturated rings. The summed E-state index contributed by atoms with van der Waals surface area (Å²) in [4.78, 5) is 10.8. The lowest BCUT2D eigenvalue weighted by Crippen LogP contribution is -2.04. The number of aromatic nitrogens is 3. The zero-order chi connectivity index (χ0) is 19.8. The first-order chi connectivity index (χ1) is 14.2. The first-order valence-corrected chi connectivity index (χ1v) is 9.43. The Morgan fingerprint density at radius 2 is 1.83 bits per heavy atom. The molecule has 0 amide bonds. The van der Waals surface area contributed by atoms with Gasteiger partial charge in [-0.2, -0.15) is 5.10 Å². The van der Waals surface area contributed by atoms with E-state index in [2.05, 4.69) is 29.0 Å². The van der Waals surface area contributed by atoms with E-state index in [4.69, 9.17) is 5.10 Å². The van der Waals surface area contributed by atoms with E-state index < -0.39 is 0 Å². The molecule has 6 heteroatoms. The van der Waals surface area contributed by atoms with E-state index in [0.717, 1.165) is 40.5 Å². The Morgan fingerprint density at radius 1 is 0.966 bits per heavy atom. The quantitative estimate of drug-likeness (QED) is 0.367. The highest BCUT2D eigenvalue weighted by atomic mass is 16.6. The number of nitro benzene ring substituents is 1. The molecule has 5 rings (SSSR count). The number of nitro groups is 1. The zero-order valence-corrected chi connectivity index (χ0v) is 15.6. The average molecular weight is 382 g/mol. The summed E-state index contributed by atoms with van der Waals surface area (Å²) in [5, 5.41) is 16.0. The molecule has 0 N–H and O–H groups in total. The third kappa shape index (κ3) is 3.14. The van der Waals surface area contributed by atoms with Gasteiger partial charge in [-0.1, -0.05) is 42.5 Å². The number of hydrogen-bond acceptors (Lipinski definition) is 3. The van der Waals surface area contributed by atoms with Gasteiger partial charge in [0.2, 0.25) is 0 Å². The van der Waals surface area contributed by atoms with Crippen LogP contribution in [-0.4, -0.2) is 19.3 Å². The molecule has 1 aliphatic rings. The third-order valence-corrected chi connectivity index (χ3v) is 5.17. The fraction of sp³-hybridized carbons (Fsp3) is 0.0870. The van der Waals surface area contributed by atoms with Crippen molar-refractivity contribution in [1.29, 1.82) is 0 Å². The van der Waals surface area contributed by atoms with Crippen molar-refractivity contribution >= 4 is 11.4 Å². The van der Waals surface area contributed by atoms with E-state index in [-0.39, 0.29) is 10.6 Å². The fourth-order valence-corrected chi connectivity index (χ4v) is 3.76. The lowest BCUT2D eigenvalue weighted by atomic mass is 10.1. The van der Waals surface area contributed by atoms with Gasteiger partial charge in [0, 0.05) is 42.6 Å². The molecule has 2 aromatic carbocycles. The first-order valence-electron chi connectivity index (χ1n) is 9.43. The molecule has 0 radical (unpaired) electrons. The molecule has 0 atom stereocenters. The van der Waals surface area contributed by atoms with Gasteiger partial charge < -0.3 is 4.57 Å². The standard InChI is InChI=1S/C23H18N4O2/c28-27(29)20-9-4-6-17(15-20)14-19-11-13-25-12-5-10-22(25)23-16-21(24-26(19)23)18-7-2-1-3-8-18/h1-12,15-16H,13-14H2. The highest BCUT2D eigenvalue weighted by molar-refractivity contribution is 5.72. The van der Waals surface area contributed by atoms with Gasteiger partial charge in [-0.05, 0) is 29.8 Å². The summed E-state index contributed by atoms with van der Waals surface area (Å²) >= 11 is 0. The Labute approximate surface area is 167 Å². The van der Waals surface area contributed by atoms with Gasteiger partial charge in [0.15, 0.2) is 0 Å². The van der Waals surface area contributed by atoms with E-state index in [9.17, 15) is 10.1 Å². The fourth-order valence-electron chi connectivity index (χ4n) is 3.76. The first kappa shape index (κ1) is 17.2. The zero-order valence-electron chi connectivity index (χ0n) is 15.6. The summed E-state index contributed by atoms with van der Waals surface area (Å²) in [5.41, 5.74) is 6.08. The molecule has 6 nitrogen and oxygen atoms in total. The summed E-state index contributed by atoms with van der Waals surface area (Å²) < 4.78 is 4.16. The number of non-ortho nitro benzene ring substituents is 1. The highest BCUT2D eigenvalue weighted by Gasteiger charge is 2.20. The van der Waals surface area contributed by atoms with E-state index in [1.165, 1.54) is 6.07 Å². The van der Waals surface area contributed by atoms with Crippen molar-refractivity contribution < 1.29 is 4.92 Å². The van der Waals surface area contributed by atoms with Crippen LogP contribution in [0.4, 0.5) is 5.69 Å². The van der Waals surface area contributed by atoms with Crippen molar-refractivity contribution in [2.75, 3.05) is 0 Å². The Hall–Kier alpha value is -3.93. The van der Waals surface area contributed by atoms with Crippen LogP contribution < -0.4 is 0 Å². The van der Waals surface area contributed by atoms with E-state index >= 15 is 0 Å². The maximum atomic E-state index is 11.1. The van der Waals surface area contributed by atoms with Gasteiger partial charge in [0.25, 0.3) is 5.69 Å². The van der Waals surface area contributed by atoms with Crippen LogP contribution in [-0.2, 0) is 13.0 Å². The molecule has 0 bridgehead atoms. The van der Waals surface area contributed by atoms with Crippen LogP contribution in [0.3, 0.4) is 0 Å². The number of hydrogen-bond donors (Lipinski definition) is 0. The van der Waals surface area contributed by atoms with Crippen LogP contribution in [0, 0.1) is 10.1 Å². The van der Waals surface area contributed by atoms with Gasteiger partial charge in [-0.3, -0.25) is 10.1 Å². The SMILES string of the molecule is O=[N+]([O-])c1cccc(CC2=CCn3cccc3-c3cc(-c4ccccc4)nn32)c1. The topological polar surface area (TPSA) is 65.9 Å². The maximum absolute atomic E-state index is 11.1. The molecular weight excluding hydrogens is 364 g/mol. The minimum atomic E-state index is -0.358. The summed E-state index contributed by atoms with van der Waals surface area (Å²) in [7, 11) is 0. The van der Waals surface area contributed by atoms with Crippen molar-refractivity contribution in [2.24, 2.45) is 0 Å². The number of benzene rings is 2. The molecule has 0 aliphatic carbocycles. The second-order valence-electron chi connectivity index (χ2n) is 7.04. The second-order valence-corrected chi connectivity index (χ2v) is 7.04. The normalized spacial score (nSPS) is 12.6. The van der Waals surface area contributed by atoms with Crippen molar-refractivity contribution in [2.45, 2.75) is 13.0 Å². The average Bonchev–Trinajstić information content (AvgIpc) is 3.36. The number of allylic oxidation sites excluding steroid dienone is 2. The molecule has 0 saturated carbocycles. The molecule has 0 spiro atoms. The van der Waals surface area contributed by atoms with Gasteiger partial charge in [-0.25, -0.2) is 4.68 Å². The van der Waals surface area contributed by atoms with Gasteiger partial charge in [0.05, 0.1) is 22.0 Å². The minimum Gasteiger partial charge on any atom is -0.342 e. The van der Waals surface area contributed by atoms with Crippen LogP contribution in [0.15, 0.2) is 85.1 Å². The van der Waals surface area contributed by atoms with E-state index in [1.807, 2.05) is 47.1 Å². The largest absolute Gasteiger partial charge is 0.342 e. The lowest BCUT2D eigenvalue weighted by molar-refractivity contribution is -0.384. The Kier molecular flexibility index (Phi) is 4.09. The molecular formula is C23H18N4O2. The van der Waals surface area contributed by atoms with E-state index in [1.54, 1.807) is 12.1 Å². The van der Waals surface area contributed by atoms with Gasteiger partial charge >= 0.3 is 0 Å². The predicted molar refractivity (Wildman–Crippen MR) is 112 cm³/mol. The van der Waals surface area contributed by atoms with Crippen LogP contribution in [0.1, 0.15) is 5.56 Å². The molecule has 4 aromatic rings. The third-order valence-electron chi connectivity index (χ3n) is 5.17. The molecule has 3 heterocycles. The minimum absolute atomic E-state index is 0.105. The Bertz CT molecular complexity index is 1230. The Morgan fingerprint density at radius 3 is 2.66 bits per heavy atom. The molecule has 142 valence electrons. The summed E-state index contributed by atoms with van der Waals surface area (Å²) in [6, 6.07) is 23.1. The molecule has 2 aromatic heterocycles. The summed E-state index contributed by atoms with van der Waals surface area (Å²) in [6.07, 6.45) is 4.76. The van der Waals surface area contributed by atoms with Crippen molar-refractivity contribution in [1.82, 2.24) is 14.3 Å². The summed E-state index contributed by atoms with van der Waals surface area (Å²) in [6.45, 7) is 0.733. The smallest absolute Gasteiger partial charge is 0.269 e. The molecule has 1 aliphatic heterocycles. The molecule has 0 saturated heterocycles. The Balaban J connectivity index is 1.60. The van der Waals surface area contributed by atoms with Crippen molar-refractivity contribution in [3.8, 4) is 22.6 Å².